The summed E-state index contributed by atoms with van der Waals surface area (Å²) in [6.45, 7) is 1.24. The number of rotatable bonds is 6. The van der Waals surface area contributed by atoms with Crippen LogP contribution in [0.5, 0.6) is 11.5 Å². The summed E-state index contributed by atoms with van der Waals surface area (Å²) in [7, 11) is -0.751. The monoisotopic (exact) mass is 243 g/mol. The molecular weight excluding hydrogens is 226 g/mol. The van der Waals surface area contributed by atoms with Gasteiger partial charge >= 0.3 is 0 Å². The van der Waals surface area contributed by atoms with Crippen LogP contribution < -0.4 is 5.32 Å². The molecule has 0 saturated heterocycles. The number of hydrogen-bond donors (Lipinski definition) is 3. The van der Waals surface area contributed by atoms with Gasteiger partial charge in [-0.3, -0.25) is 4.21 Å². The van der Waals surface area contributed by atoms with Crippen LogP contribution in [0.15, 0.2) is 18.2 Å². The Morgan fingerprint density at radius 3 is 2.81 bits per heavy atom. The first kappa shape index (κ1) is 13.0. The van der Waals surface area contributed by atoms with Gasteiger partial charge in [0.2, 0.25) is 0 Å². The first-order chi connectivity index (χ1) is 7.61. The predicted molar refractivity (Wildman–Crippen MR) is 65.0 cm³/mol. The topological polar surface area (TPSA) is 69.6 Å². The highest BCUT2D eigenvalue weighted by molar-refractivity contribution is 7.84. The SMILES string of the molecule is CS(=O)CCCNCc1cccc(O)c1O. The molecule has 1 aromatic rings. The Morgan fingerprint density at radius 2 is 2.12 bits per heavy atom. The quantitative estimate of drug-likeness (QED) is 0.514. The lowest BCUT2D eigenvalue weighted by atomic mass is 10.2. The van der Waals surface area contributed by atoms with Gasteiger partial charge in [0.25, 0.3) is 0 Å². The molecule has 0 amide bonds. The maximum absolute atomic E-state index is 10.8. The van der Waals surface area contributed by atoms with Crippen LogP contribution in [0.4, 0.5) is 0 Å². The van der Waals surface area contributed by atoms with Crippen LogP contribution in [0.3, 0.4) is 0 Å². The van der Waals surface area contributed by atoms with Gasteiger partial charge in [-0.05, 0) is 19.0 Å². The number of para-hydroxylation sites is 1. The number of benzene rings is 1. The third kappa shape index (κ3) is 4.20. The summed E-state index contributed by atoms with van der Waals surface area (Å²) in [6.07, 6.45) is 2.52. The molecule has 1 rings (SSSR count). The molecule has 1 atom stereocenters. The van der Waals surface area contributed by atoms with Crippen LogP contribution in [0.1, 0.15) is 12.0 Å². The van der Waals surface area contributed by atoms with Crippen LogP contribution in [0, 0.1) is 0 Å². The van der Waals surface area contributed by atoms with Crippen molar-refractivity contribution in [3.05, 3.63) is 23.8 Å². The molecule has 90 valence electrons. The van der Waals surface area contributed by atoms with Crippen molar-refractivity contribution in [1.82, 2.24) is 5.32 Å². The summed E-state index contributed by atoms with van der Waals surface area (Å²) in [5.74, 6) is 0.502. The fraction of sp³-hybridized carbons (Fsp3) is 0.455. The Balaban J connectivity index is 2.32. The zero-order valence-corrected chi connectivity index (χ0v) is 10.1. The molecule has 1 aromatic carbocycles. The molecule has 0 spiro atoms. The minimum atomic E-state index is -0.751. The van der Waals surface area contributed by atoms with Gasteiger partial charge in [-0.25, -0.2) is 0 Å². The van der Waals surface area contributed by atoms with E-state index < -0.39 is 10.8 Å². The van der Waals surface area contributed by atoms with Crippen molar-refractivity contribution < 1.29 is 14.4 Å². The highest BCUT2D eigenvalue weighted by atomic mass is 32.2. The summed E-state index contributed by atoms with van der Waals surface area (Å²) in [4.78, 5) is 0. The molecule has 5 heteroatoms. The molecule has 0 saturated carbocycles. The molecule has 0 fully saturated rings. The lowest BCUT2D eigenvalue weighted by Gasteiger charge is -2.07. The van der Waals surface area contributed by atoms with Gasteiger partial charge in [0.05, 0.1) is 0 Å². The van der Waals surface area contributed by atoms with Gasteiger partial charge in [0, 0.05) is 34.9 Å². The number of hydrogen-bond acceptors (Lipinski definition) is 4. The average molecular weight is 243 g/mol. The van der Waals surface area contributed by atoms with E-state index in [0.29, 0.717) is 17.9 Å². The van der Waals surface area contributed by atoms with Crippen molar-refractivity contribution in [2.45, 2.75) is 13.0 Å². The Morgan fingerprint density at radius 1 is 1.38 bits per heavy atom. The predicted octanol–water partition coefficient (Wildman–Crippen LogP) is 0.956. The molecule has 0 bridgehead atoms. The van der Waals surface area contributed by atoms with E-state index in [4.69, 9.17) is 0 Å². The van der Waals surface area contributed by atoms with E-state index in [9.17, 15) is 14.4 Å². The summed E-state index contributed by atoms with van der Waals surface area (Å²) in [6, 6.07) is 4.88. The molecule has 0 aliphatic carbocycles. The van der Waals surface area contributed by atoms with E-state index in [1.165, 1.54) is 6.07 Å². The van der Waals surface area contributed by atoms with Crippen molar-refractivity contribution in [2.24, 2.45) is 0 Å². The second-order valence-corrected chi connectivity index (χ2v) is 5.15. The van der Waals surface area contributed by atoms with Crippen molar-refractivity contribution in [1.29, 1.82) is 0 Å². The molecule has 4 nitrogen and oxygen atoms in total. The smallest absolute Gasteiger partial charge is 0.161 e. The van der Waals surface area contributed by atoms with Crippen molar-refractivity contribution in [3.63, 3.8) is 0 Å². The van der Waals surface area contributed by atoms with Crippen LogP contribution in [-0.2, 0) is 17.3 Å². The van der Waals surface area contributed by atoms with Gasteiger partial charge < -0.3 is 15.5 Å². The zero-order valence-electron chi connectivity index (χ0n) is 9.27. The van der Waals surface area contributed by atoms with Gasteiger partial charge in [-0.2, -0.15) is 0 Å². The normalized spacial score (nSPS) is 12.6. The van der Waals surface area contributed by atoms with Crippen LogP contribution in [-0.4, -0.2) is 33.0 Å². The van der Waals surface area contributed by atoms with E-state index in [2.05, 4.69) is 5.32 Å². The zero-order chi connectivity index (χ0) is 12.0. The second kappa shape index (κ2) is 6.50. The molecule has 3 N–H and O–H groups in total. The summed E-state index contributed by atoms with van der Waals surface area (Å²) in [5, 5.41) is 21.9. The lowest BCUT2D eigenvalue weighted by Crippen LogP contribution is -2.16. The van der Waals surface area contributed by atoms with Gasteiger partial charge in [0.1, 0.15) is 0 Å². The summed E-state index contributed by atoms with van der Waals surface area (Å²) in [5.41, 5.74) is 0.664. The molecule has 0 aliphatic rings. The van der Waals surface area contributed by atoms with Crippen molar-refractivity contribution in [2.75, 3.05) is 18.6 Å². The molecule has 0 heterocycles. The summed E-state index contributed by atoms with van der Waals surface area (Å²) >= 11 is 0. The number of phenols is 2. The Labute approximate surface area is 97.8 Å². The number of nitrogens with one attached hydrogen (secondary N) is 1. The van der Waals surface area contributed by atoms with E-state index >= 15 is 0 Å². The molecule has 0 radical (unpaired) electrons. The fourth-order valence-electron chi connectivity index (χ4n) is 1.34. The Hall–Kier alpha value is -1.07. The lowest BCUT2D eigenvalue weighted by molar-refractivity contribution is 0.398. The van der Waals surface area contributed by atoms with E-state index in [1.807, 2.05) is 0 Å². The third-order valence-corrected chi connectivity index (χ3v) is 3.06. The fourth-order valence-corrected chi connectivity index (χ4v) is 1.89. The van der Waals surface area contributed by atoms with Gasteiger partial charge in [-0.1, -0.05) is 12.1 Å². The van der Waals surface area contributed by atoms with Gasteiger partial charge in [0.15, 0.2) is 11.5 Å². The van der Waals surface area contributed by atoms with E-state index in [-0.39, 0.29) is 11.5 Å². The molecule has 0 aliphatic heterocycles. The molecule has 0 aromatic heterocycles. The minimum absolute atomic E-state index is 0.0749. The van der Waals surface area contributed by atoms with Crippen LogP contribution >= 0.6 is 0 Å². The first-order valence-corrected chi connectivity index (χ1v) is 6.84. The third-order valence-electron chi connectivity index (χ3n) is 2.20. The molecular formula is C11H17NO3S. The highest BCUT2D eigenvalue weighted by Crippen LogP contribution is 2.27. The molecule has 1 unspecified atom stereocenters. The summed E-state index contributed by atoms with van der Waals surface area (Å²) < 4.78 is 10.8. The largest absolute Gasteiger partial charge is 0.504 e. The average Bonchev–Trinajstić information content (AvgIpc) is 2.23. The van der Waals surface area contributed by atoms with E-state index in [0.717, 1.165) is 13.0 Å². The van der Waals surface area contributed by atoms with Crippen molar-refractivity contribution in [3.8, 4) is 11.5 Å². The number of aromatic hydroxyl groups is 2. The highest BCUT2D eigenvalue weighted by Gasteiger charge is 2.04. The molecule has 16 heavy (non-hydrogen) atoms. The Kier molecular flexibility index (Phi) is 5.28. The van der Waals surface area contributed by atoms with E-state index in [1.54, 1.807) is 18.4 Å². The van der Waals surface area contributed by atoms with Crippen LogP contribution in [0.2, 0.25) is 0 Å². The second-order valence-electron chi connectivity index (χ2n) is 3.59. The number of phenolic OH excluding ortho intramolecular Hbond substituents is 2. The maximum atomic E-state index is 10.8. The van der Waals surface area contributed by atoms with Gasteiger partial charge in [-0.15, -0.1) is 0 Å². The van der Waals surface area contributed by atoms with Crippen molar-refractivity contribution >= 4 is 10.8 Å². The van der Waals surface area contributed by atoms with Crippen LogP contribution in [0.25, 0.3) is 0 Å². The standard InChI is InChI=1S/C11H17NO3S/c1-16(15)7-3-6-12-8-9-4-2-5-10(13)11(9)14/h2,4-5,12-14H,3,6-8H2,1H3. The Bertz CT molecular complexity index is 368. The maximum Gasteiger partial charge on any atom is 0.161 e. The first-order valence-electron chi connectivity index (χ1n) is 5.12. The minimum Gasteiger partial charge on any atom is -0.504 e.